The van der Waals surface area contributed by atoms with Gasteiger partial charge in [0, 0.05) is 19.2 Å². The molecule has 1 amide bonds. The number of ether oxygens (including phenoxy) is 3. The number of aromatic nitrogens is 1. The van der Waals surface area contributed by atoms with Crippen molar-refractivity contribution in [2.45, 2.75) is 6.92 Å². The van der Waals surface area contributed by atoms with Gasteiger partial charge in [-0.05, 0) is 19.1 Å². The molecule has 1 aromatic heterocycles. The summed E-state index contributed by atoms with van der Waals surface area (Å²) in [6.45, 7) is 4.90. The number of rotatable bonds is 7. The molecule has 1 N–H and O–H groups in total. The highest BCUT2D eigenvalue weighted by atomic mass is 16.6. The van der Waals surface area contributed by atoms with Crippen molar-refractivity contribution in [3.05, 3.63) is 46.1 Å². The van der Waals surface area contributed by atoms with Crippen molar-refractivity contribution in [3.63, 3.8) is 0 Å². The van der Waals surface area contributed by atoms with Gasteiger partial charge >= 0.3 is 0 Å². The second kappa shape index (κ2) is 9.20. The summed E-state index contributed by atoms with van der Waals surface area (Å²) in [7, 11) is 1.40. The van der Waals surface area contributed by atoms with E-state index in [2.05, 4.69) is 15.2 Å². The number of amides is 1. The molecule has 0 aliphatic carbocycles. The Morgan fingerprint density at radius 2 is 2.07 bits per heavy atom. The number of nitrogens with zero attached hydrogens (tertiary/aromatic N) is 3. The number of pyridine rings is 1. The molecule has 29 heavy (non-hydrogen) atoms. The summed E-state index contributed by atoms with van der Waals surface area (Å²) >= 11 is 0. The number of hydrogen-bond donors (Lipinski definition) is 1. The van der Waals surface area contributed by atoms with Crippen LogP contribution < -0.4 is 19.7 Å². The zero-order valence-electron chi connectivity index (χ0n) is 16.2. The number of hydrogen-bond acceptors (Lipinski definition) is 8. The standard InChI is InChI=1S/C19H22N4O6/c1-3-29-17-11-15(23(25)26)14(10-16(17)27-2)19(24)21-18-5-4-13(12-20-18)22-6-8-28-9-7-22/h4-5,10-12H,3,6-9H2,1-2H3,(H,20,21,24). The number of methoxy groups -OCH3 is 1. The molecule has 1 aliphatic heterocycles. The van der Waals surface area contributed by atoms with Gasteiger partial charge in [0.2, 0.25) is 0 Å². The molecule has 1 aliphatic rings. The van der Waals surface area contributed by atoms with Crippen LogP contribution in [0.25, 0.3) is 0 Å². The Kier molecular flexibility index (Phi) is 6.45. The summed E-state index contributed by atoms with van der Waals surface area (Å²) in [5.41, 5.74) is 0.395. The topological polar surface area (TPSA) is 116 Å². The number of nitro groups is 1. The molecule has 3 rings (SSSR count). The van der Waals surface area contributed by atoms with Crippen LogP contribution in [0.4, 0.5) is 17.2 Å². The van der Waals surface area contributed by atoms with Gasteiger partial charge in [0.25, 0.3) is 11.6 Å². The van der Waals surface area contributed by atoms with E-state index in [4.69, 9.17) is 14.2 Å². The van der Waals surface area contributed by atoms with Crippen LogP contribution in [0.2, 0.25) is 0 Å². The lowest BCUT2D eigenvalue weighted by molar-refractivity contribution is -0.385. The van der Waals surface area contributed by atoms with Crippen LogP contribution in [0.15, 0.2) is 30.5 Å². The van der Waals surface area contributed by atoms with E-state index in [1.165, 1.54) is 19.2 Å². The molecule has 0 bridgehead atoms. The molecule has 0 atom stereocenters. The molecule has 154 valence electrons. The lowest BCUT2D eigenvalue weighted by atomic mass is 10.1. The Morgan fingerprint density at radius 1 is 1.31 bits per heavy atom. The monoisotopic (exact) mass is 402 g/mol. The van der Waals surface area contributed by atoms with Crippen LogP contribution in [-0.4, -0.2) is 55.8 Å². The predicted molar refractivity (Wildman–Crippen MR) is 106 cm³/mol. The van der Waals surface area contributed by atoms with Crippen molar-refractivity contribution >= 4 is 23.1 Å². The first-order valence-corrected chi connectivity index (χ1v) is 9.12. The van der Waals surface area contributed by atoms with Gasteiger partial charge in [-0.25, -0.2) is 4.98 Å². The molecule has 10 nitrogen and oxygen atoms in total. The normalized spacial score (nSPS) is 13.7. The number of nitro benzene ring substituents is 1. The summed E-state index contributed by atoms with van der Waals surface area (Å²) < 4.78 is 15.9. The van der Waals surface area contributed by atoms with E-state index >= 15 is 0 Å². The van der Waals surface area contributed by atoms with Gasteiger partial charge in [0.05, 0.1) is 49.8 Å². The van der Waals surface area contributed by atoms with Gasteiger partial charge in [-0.1, -0.05) is 0 Å². The summed E-state index contributed by atoms with van der Waals surface area (Å²) in [6, 6.07) is 5.97. The van der Waals surface area contributed by atoms with E-state index in [-0.39, 0.29) is 28.6 Å². The SMILES string of the molecule is CCOc1cc([N+](=O)[O-])c(C(=O)Nc2ccc(N3CCOCC3)cn2)cc1OC. The molecule has 0 spiro atoms. The average Bonchev–Trinajstić information content (AvgIpc) is 2.74. The van der Waals surface area contributed by atoms with Crippen LogP contribution in [0.1, 0.15) is 17.3 Å². The maximum absolute atomic E-state index is 12.7. The Balaban J connectivity index is 1.81. The molecule has 1 fully saturated rings. The third-order valence-corrected chi connectivity index (χ3v) is 4.39. The predicted octanol–water partition coefficient (Wildman–Crippen LogP) is 2.49. The van der Waals surface area contributed by atoms with Gasteiger partial charge in [-0.3, -0.25) is 14.9 Å². The van der Waals surface area contributed by atoms with Crippen molar-refractivity contribution in [2.24, 2.45) is 0 Å². The van der Waals surface area contributed by atoms with E-state index in [0.29, 0.717) is 19.8 Å². The lowest BCUT2D eigenvalue weighted by Gasteiger charge is -2.28. The highest BCUT2D eigenvalue weighted by molar-refractivity contribution is 6.07. The van der Waals surface area contributed by atoms with Crippen LogP contribution in [0.3, 0.4) is 0 Å². The minimum Gasteiger partial charge on any atom is -0.493 e. The van der Waals surface area contributed by atoms with Crippen LogP contribution >= 0.6 is 0 Å². The Morgan fingerprint density at radius 3 is 2.66 bits per heavy atom. The molecule has 2 aromatic rings. The van der Waals surface area contributed by atoms with Gasteiger partial charge < -0.3 is 24.4 Å². The summed E-state index contributed by atoms with van der Waals surface area (Å²) in [5.74, 6) is 0.0586. The number of benzene rings is 1. The first-order valence-electron chi connectivity index (χ1n) is 9.12. The van der Waals surface area contributed by atoms with E-state index in [9.17, 15) is 14.9 Å². The minimum absolute atomic E-state index is 0.144. The summed E-state index contributed by atoms with van der Waals surface area (Å²) in [5, 5.41) is 14.0. The fourth-order valence-corrected chi connectivity index (χ4v) is 2.96. The van der Waals surface area contributed by atoms with Gasteiger partial charge in [-0.2, -0.15) is 0 Å². The molecular formula is C19H22N4O6. The first-order chi connectivity index (χ1) is 14.0. The van der Waals surface area contributed by atoms with Crippen molar-refractivity contribution in [2.75, 3.05) is 50.2 Å². The average molecular weight is 402 g/mol. The Hall–Kier alpha value is -3.40. The number of anilines is 2. The highest BCUT2D eigenvalue weighted by Crippen LogP contribution is 2.35. The van der Waals surface area contributed by atoms with E-state index in [1.807, 2.05) is 6.07 Å². The molecular weight excluding hydrogens is 380 g/mol. The smallest absolute Gasteiger partial charge is 0.286 e. The number of nitrogens with one attached hydrogen (secondary N) is 1. The van der Waals surface area contributed by atoms with Crippen molar-refractivity contribution < 1.29 is 23.9 Å². The fraction of sp³-hybridized carbons (Fsp3) is 0.368. The molecule has 0 radical (unpaired) electrons. The highest BCUT2D eigenvalue weighted by Gasteiger charge is 2.25. The maximum atomic E-state index is 12.7. The van der Waals surface area contributed by atoms with Crippen LogP contribution in [0.5, 0.6) is 11.5 Å². The van der Waals surface area contributed by atoms with Crippen molar-refractivity contribution in [1.82, 2.24) is 4.98 Å². The fourth-order valence-electron chi connectivity index (χ4n) is 2.96. The van der Waals surface area contributed by atoms with E-state index in [1.54, 1.807) is 19.2 Å². The molecule has 10 heteroatoms. The maximum Gasteiger partial charge on any atom is 0.286 e. The lowest BCUT2D eigenvalue weighted by Crippen LogP contribution is -2.36. The second-order valence-electron chi connectivity index (χ2n) is 6.17. The molecule has 2 heterocycles. The van der Waals surface area contributed by atoms with E-state index < -0.39 is 10.8 Å². The third-order valence-electron chi connectivity index (χ3n) is 4.39. The number of morpholine rings is 1. The first kappa shape index (κ1) is 20.3. The zero-order chi connectivity index (χ0) is 20.8. The Bertz CT molecular complexity index is 881. The van der Waals surface area contributed by atoms with Crippen molar-refractivity contribution in [3.8, 4) is 11.5 Å². The van der Waals surface area contributed by atoms with Crippen LogP contribution in [0, 0.1) is 10.1 Å². The number of carbonyl (C=O) groups is 1. The van der Waals surface area contributed by atoms with Gasteiger partial charge in [0.15, 0.2) is 11.5 Å². The summed E-state index contributed by atoms with van der Waals surface area (Å²) in [6.07, 6.45) is 1.65. The molecule has 0 saturated carbocycles. The minimum atomic E-state index is -0.662. The van der Waals surface area contributed by atoms with Gasteiger partial charge in [0.1, 0.15) is 11.4 Å². The van der Waals surface area contributed by atoms with Crippen LogP contribution in [-0.2, 0) is 4.74 Å². The molecule has 1 saturated heterocycles. The third kappa shape index (κ3) is 4.72. The zero-order valence-corrected chi connectivity index (χ0v) is 16.2. The Labute approximate surface area is 167 Å². The van der Waals surface area contributed by atoms with Gasteiger partial charge in [-0.15, -0.1) is 0 Å². The quantitative estimate of drug-likeness (QED) is 0.555. The molecule has 0 unspecified atom stereocenters. The largest absolute Gasteiger partial charge is 0.493 e. The number of carbonyl (C=O) groups excluding carboxylic acids is 1. The van der Waals surface area contributed by atoms with Crippen molar-refractivity contribution in [1.29, 1.82) is 0 Å². The second-order valence-corrected chi connectivity index (χ2v) is 6.17. The summed E-state index contributed by atoms with van der Waals surface area (Å²) in [4.78, 5) is 29.9. The molecule has 1 aromatic carbocycles. The van der Waals surface area contributed by atoms with E-state index in [0.717, 1.165) is 18.8 Å².